The standard InChI is InChI=1S/C24H24N2O3S2/c1-16-7-11-22(12-8-16)31(28,29)25-20-6-4-5-19(14-20)24-26(23(27)15-30-24)21-10-9-17(2)18(3)13-21/h4-14,24-25H,15H2,1-3H3. The van der Waals surface area contributed by atoms with Crippen molar-refractivity contribution in [1.82, 2.24) is 0 Å². The molecule has 1 aliphatic rings. The molecule has 1 saturated heterocycles. The molecule has 1 unspecified atom stereocenters. The highest BCUT2D eigenvalue weighted by atomic mass is 32.2. The van der Waals surface area contributed by atoms with Crippen LogP contribution in [0.5, 0.6) is 0 Å². The third-order valence-corrected chi connectivity index (χ3v) is 8.00. The summed E-state index contributed by atoms with van der Waals surface area (Å²) in [7, 11) is -3.69. The average Bonchev–Trinajstić information content (AvgIpc) is 3.12. The molecule has 1 fully saturated rings. The Morgan fingerprint density at radius 1 is 0.935 bits per heavy atom. The molecule has 0 aliphatic carbocycles. The molecule has 5 nitrogen and oxygen atoms in total. The predicted octanol–water partition coefficient (Wildman–Crippen LogP) is 5.19. The van der Waals surface area contributed by atoms with Gasteiger partial charge in [0.2, 0.25) is 5.91 Å². The average molecular weight is 453 g/mol. The maximum Gasteiger partial charge on any atom is 0.261 e. The maximum absolute atomic E-state index is 12.8. The van der Waals surface area contributed by atoms with Gasteiger partial charge < -0.3 is 0 Å². The number of thioether (sulfide) groups is 1. The molecule has 1 amide bonds. The van der Waals surface area contributed by atoms with E-state index in [4.69, 9.17) is 0 Å². The first kappa shape index (κ1) is 21.5. The van der Waals surface area contributed by atoms with Crippen molar-refractivity contribution in [1.29, 1.82) is 0 Å². The Morgan fingerprint density at radius 2 is 1.68 bits per heavy atom. The predicted molar refractivity (Wildman–Crippen MR) is 127 cm³/mol. The molecule has 1 aliphatic heterocycles. The fraction of sp³-hybridized carbons (Fsp3) is 0.208. The summed E-state index contributed by atoms with van der Waals surface area (Å²) in [5, 5.41) is -0.210. The van der Waals surface area contributed by atoms with E-state index >= 15 is 0 Å². The van der Waals surface area contributed by atoms with Crippen molar-refractivity contribution in [2.45, 2.75) is 31.0 Å². The summed E-state index contributed by atoms with van der Waals surface area (Å²) in [5.74, 6) is 0.431. The highest BCUT2D eigenvalue weighted by Gasteiger charge is 2.34. The Hall–Kier alpha value is -2.77. The highest BCUT2D eigenvalue weighted by molar-refractivity contribution is 8.00. The van der Waals surface area contributed by atoms with E-state index in [9.17, 15) is 13.2 Å². The van der Waals surface area contributed by atoms with E-state index < -0.39 is 10.0 Å². The Balaban J connectivity index is 1.63. The smallest absolute Gasteiger partial charge is 0.261 e. The third-order valence-electron chi connectivity index (χ3n) is 5.39. The van der Waals surface area contributed by atoms with Gasteiger partial charge in [-0.3, -0.25) is 14.4 Å². The number of hydrogen-bond donors (Lipinski definition) is 1. The first-order valence-corrected chi connectivity index (χ1v) is 12.5. The van der Waals surface area contributed by atoms with E-state index in [2.05, 4.69) is 4.72 Å². The minimum atomic E-state index is -3.69. The van der Waals surface area contributed by atoms with E-state index in [0.29, 0.717) is 11.4 Å². The highest BCUT2D eigenvalue weighted by Crippen LogP contribution is 2.42. The maximum atomic E-state index is 12.8. The van der Waals surface area contributed by atoms with Gasteiger partial charge in [-0.15, -0.1) is 11.8 Å². The molecule has 1 atom stereocenters. The molecule has 4 rings (SSSR count). The van der Waals surface area contributed by atoms with Crippen molar-refractivity contribution in [2.75, 3.05) is 15.4 Å². The van der Waals surface area contributed by atoms with Crippen molar-refractivity contribution >= 4 is 39.1 Å². The second kappa shape index (κ2) is 8.40. The Kier molecular flexibility index (Phi) is 5.81. The molecule has 0 spiro atoms. The van der Waals surface area contributed by atoms with Gasteiger partial charge in [0.25, 0.3) is 10.0 Å². The van der Waals surface area contributed by atoms with Crippen LogP contribution in [-0.4, -0.2) is 20.1 Å². The van der Waals surface area contributed by atoms with Crippen molar-refractivity contribution in [3.63, 3.8) is 0 Å². The Bertz CT molecular complexity index is 1240. The molecule has 31 heavy (non-hydrogen) atoms. The monoisotopic (exact) mass is 452 g/mol. The molecule has 7 heteroatoms. The molecule has 0 saturated carbocycles. The van der Waals surface area contributed by atoms with Crippen LogP contribution in [-0.2, 0) is 14.8 Å². The summed E-state index contributed by atoms with van der Waals surface area (Å²) in [6, 6.07) is 20.0. The number of sulfonamides is 1. The lowest BCUT2D eigenvalue weighted by molar-refractivity contribution is -0.115. The van der Waals surface area contributed by atoms with Gasteiger partial charge in [-0.05, 0) is 73.9 Å². The van der Waals surface area contributed by atoms with E-state index in [0.717, 1.165) is 22.4 Å². The number of amides is 1. The summed E-state index contributed by atoms with van der Waals surface area (Å²) in [6.07, 6.45) is 0. The van der Waals surface area contributed by atoms with E-state index in [1.807, 2.05) is 51.1 Å². The van der Waals surface area contributed by atoms with Crippen LogP contribution in [0.25, 0.3) is 0 Å². The number of hydrogen-bond acceptors (Lipinski definition) is 4. The summed E-state index contributed by atoms with van der Waals surface area (Å²) >= 11 is 1.54. The molecule has 3 aromatic rings. The summed E-state index contributed by atoms with van der Waals surface area (Å²) in [4.78, 5) is 14.7. The molecular formula is C24H24N2O3S2. The van der Waals surface area contributed by atoms with Gasteiger partial charge in [-0.1, -0.05) is 35.9 Å². The van der Waals surface area contributed by atoms with Crippen molar-refractivity contribution in [3.8, 4) is 0 Å². The second-order valence-electron chi connectivity index (χ2n) is 7.74. The number of carbonyl (C=O) groups excluding carboxylic acids is 1. The zero-order chi connectivity index (χ0) is 22.2. The van der Waals surface area contributed by atoms with Crippen LogP contribution in [0.15, 0.2) is 71.6 Å². The minimum Gasteiger partial charge on any atom is -0.295 e. The Morgan fingerprint density at radius 3 is 2.39 bits per heavy atom. The molecule has 1 heterocycles. The normalized spacial score (nSPS) is 16.5. The lowest BCUT2D eigenvalue weighted by atomic mass is 10.1. The zero-order valence-electron chi connectivity index (χ0n) is 17.6. The van der Waals surface area contributed by atoms with Gasteiger partial charge in [0.15, 0.2) is 0 Å². The second-order valence-corrected chi connectivity index (χ2v) is 10.5. The van der Waals surface area contributed by atoms with Crippen LogP contribution in [0.1, 0.15) is 27.6 Å². The van der Waals surface area contributed by atoms with Crippen LogP contribution in [0.3, 0.4) is 0 Å². The van der Waals surface area contributed by atoms with Crippen LogP contribution < -0.4 is 9.62 Å². The molecular weight excluding hydrogens is 428 g/mol. The van der Waals surface area contributed by atoms with Crippen LogP contribution >= 0.6 is 11.8 Å². The fourth-order valence-electron chi connectivity index (χ4n) is 3.51. The molecule has 0 aromatic heterocycles. The van der Waals surface area contributed by atoms with Gasteiger partial charge in [-0.2, -0.15) is 0 Å². The molecule has 1 N–H and O–H groups in total. The topological polar surface area (TPSA) is 66.5 Å². The van der Waals surface area contributed by atoms with Crippen LogP contribution in [0.4, 0.5) is 11.4 Å². The molecule has 0 radical (unpaired) electrons. The molecule has 3 aromatic carbocycles. The molecule has 0 bridgehead atoms. The van der Waals surface area contributed by atoms with Crippen LogP contribution in [0, 0.1) is 20.8 Å². The zero-order valence-corrected chi connectivity index (χ0v) is 19.3. The Labute approximate surface area is 187 Å². The molecule has 160 valence electrons. The first-order chi connectivity index (χ1) is 14.7. The summed E-state index contributed by atoms with van der Waals surface area (Å²) in [6.45, 7) is 5.98. The number of nitrogens with zero attached hydrogens (tertiary/aromatic N) is 1. The van der Waals surface area contributed by atoms with Crippen molar-refractivity contribution in [2.24, 2.45) is 0 Å². The number of nitrogens with one attached hydrogen (secondary N) is 1. The summed E-state index contributed by atoms with van der Waals surface area (Å²) < 4.78 is 28.2. The van der Waals surface area contributed by atoms with Gasteiger partial charge in [0.1, 0.15) is 5.37 Å². The van der Waals surface area contributed by atoms with E-state index in [-0.39, 0.29) is 16.2 Å². The number of carbonyl (C=O) groups is 1. The van der Waals surface area contributed by atoms with E-state index in [1.165, 1.54) is 5.56 Å². The van der Waals surface area contributed by atoms with Crippen LogP contribution in [0.2, 0.25) is 0 Å². The van der Waals surface area contributed by atoms with Gasteiger partial charge >= 0.3 is 0 Å². The third kappa shape index (κ3) is 4.48. The van der Waals surface area contributed by atoms with Gasteiger partial charge in [-0.25, -0.2) is 8.42 Å². The lowest BCUT2D eigenvalue weighted by Gasteiger charge is -2.25. The van der Waals surface area contributed by atoms with Gasteiger partial charge in [0, 0.05) is 11.4 Å². The first-order valence-electron chi connectivity index (χ1n) is 9.95. The minimum absolute atomic E-state index is 0.0453. The number of benzene rings is 3. The lowest BCUT2D eigenvalue weighted by Crippen LogP contribution is -2.28. The van der Waals surface area contributed by atoms with Gasteiger partial charge in [0.05, 0.1) is 10.6 Å². The quantitative estimate of drug-likeness (QED) is 0.578. The fourth-order valence-corrected chi connectivity index (χ4v) is 5.73. The number of rotatable bonds is 5. The number of aryl methyl sites for hydroxylation is 3. The summed E-state index contributed by atoms with van der Waals surface area (Å²) in [5.41, 5.74) is 5.49. The van der Waals surface area contributed by atoms with E-state index in [1.54, 1.807) is 53.1 Å². The largest absolute Gasteiger partial charge is 0.295 e. The van der Waals surface area contributed by atoms with Crippen molar-refractivity contribution in [3.05, 3.63) is 89.0 Å². The number of anilines is 2. The SMILES string of the molecule is Cc1ccc(S(=O)(=O)Nc2cccc(C3SCC(=O)N3c3ccc(C)c(C)c3)c2)cc1. The van der Waals surface area contributed by atoms with Crippen molar-refractivity contribution < 1.29 is 13.2 Å².